The maximum atomic E-state index is 12.3. The van der Waals surface area contributed by atoms with Crippen molar-refractivity contribution >= 4 is 28.4 Å². The van der Waals surface area contributed by atoms with E-state index >= 15 is 0 Å². The third-order valence-electron chi connectivity index (χ3n) is 3.02. The predicted molar refractivity (Wildman–Crippen MR) is 82.0 cm³/mol. The van der Waals surface area contributed by atoms with Gasteiger partial charge in [-0.15, -0.1) is 0 Å². The van der Waals surface area contributed by atoms with Gasteiger partial charge in [-0.3, -0.25) is 14.2 Å². The number of rotatable bonds is 2. The fraction of sp³-hybridized carbons (Fsp3) is 0.0667. The van der Waals surface area contributed by atoms with Gasteiger partial charge in [-0.2, -0.15) is 5.26 Å². The van der Waals surface area contributed by atoms with E-state index in [0.29, 0.717) is 21.1 Å². The molecule has 0 spiro atoms. The molecule has 0 amide bonds. The van der Waals surface area contributed by atoms with Crippen LogP contribution in [0.25, 0.3) is 17.1 Å². The van der Waals surface area contributed by atoms with E-state index in [1.807, 2.05) is 24.3 Å². The Morgan fingerprint density at radius 1 is 1.43 bits per heavy atom. The van der Waals surface area contributed by atoms with Gasteiger partial charge in [-0.05, 0) is 24.6 Å². The first-order valence-electron chi connectivity index (χ1n) is 6.20. The van der Waals surface area contributed by atoms with Crippen LogP contribution < -0.4 is 5.56 Å². The number of hydrogen-bond donors (Lipinski definition) is 0. The molecular weight excluding hydrogens is 284 g/mol. The fourth-order valence-corrected chi connectivity index (χ4v) is 2.69. The highest BCUT2D eigenvalue weighted by Crippen LogP contribution is 2.16. The molecule has 3 heterocycles. The Bertz CT molecular complexity index is 932. The first-order valence-corrected chi connectivity index (χ1v) is 7.01. The highest BCUT2D eigenvalue weighted by Gasteiger charge is 2.10. The topological polar surface area (TPSA) is 71.1 Å². The molecule has 102 valence electrons. The summed E-state index contributed by atoms with van der Waals surface area (Å²) in [4.78, 5) is 21.7. The summed E-state index contributed by atoms with van der Waals surface area (Å²) in [6.07, 6.45) is 8.61. The lowest BCUT2D eigenvalue weighted by Gasteiger charge is -2.00. The second-order valence-electron chi connectivity index (χ2n) is 4.41. The van der Waals surface area contributed by atoms with Crippen molar-refractivity contribution in [2.45, 2.75) is 6.92 Å². The summed E-state index contributed by atoms with van der Waals surface area (Å²) in [5.74, 6) is 0. The van der Waals surface area contributed by atoms with Gasteiger partial charge in [0.2, 0.25) is 0 Å². The lowest BCUT2D eigenvalue weighted by molar-refractivity contribution is 1.03. The molecule has 3 aromatic rings. The Labute approximate surface area is 124 Å². The summed E-state index contributed by atoms with van der Waals surface area (Å²) in [7, 11) is 0. The largest absolute Gasteiger partial charge is 0.269 e. The van der Waals surface area contributed by atoms with Crippen LogP contribution in [0.1, 0.15) is 21.7 Å². The van der Waals surface area contributed by atoms with Crippen LogP contribution >= 0.6 is 11.3 Å². The summed E-state index contributed by atoms with van der Waals surface area (Å²) in [5.41, 5.74) is 1.94. The van der Waals surface area contributed by atoms with Crippen LogP contribution in [0.4, 0.5) is 0 Å². The van der Waals surface area contributed by atoms with E-state index in [0.717, 1.165) is 5.56 Å². The van der Waals surface area contributed by atoms with Crippen molar-refractivity contribution in [1.29, 1.82) is 5.26 Å². The van der Waals surface area contributed by atoms with Crippen molar-refractivity contribution < 1.29 is 0 Å². The van der Waals surface area contributed by atoms with Gasteiger partial charge >= 0.3 is 0 Å². The molecule has 3 aromatic heterocycles. The van der Waals surface area contributed by atoms with Gasteiger partial charge in [0.25, 0.3) is 5.56 Å². The quantitative estimate of drug-likeness (QED) is 0.728. The Kier molecular flexibility index (Phi) is 3.34. The monoisotopic (exact) mass is 294 g/mol. The zero-order chi connectivity index (χ0) is 14.8. The van der Waals surface area contributed by atoms with Crippen LogP contribution in [-0.4, -0.2) is 14.4 Å². The summed E-state index contributed by atoms with van der Waals surface area (Å²) < 4.78 is 1.42. The minimum Gasteiger partial charge on any atom is -0.269 e. The average molecular weight is 294 g/mol. The van der Waals surface area contributed by atoms with E-state index in [1.54, 1.807) is 25.4 Å². The molecule has 0 aliphatic heterocycles. The van der Waals surface area contributed by atoms with Gasteiger partial charge in [-0.25, -0.2) is 4.98 Å². The highest BCUT2D eigenvalue weighted by molar-refractivity contribution is 7.17. The number of aromatic nitrogens is 3. The number of nitriles is 1. The van der Waals surface area contributed by atoms with Crippen LogP contribution in [0.15, 0.2) is 35.5 Å². The van der Waals surface area contributed by atoms with Crippen LogP contribution in [-0.2, 0) is 0 Å². The van der Waals surface area contributed by atoms with Crippen molar-refractivity contribution in [3.05, 3.63) is 62.8 Å². The van der Waals surface area contributed by atoms with Gasteiger partial charge in [-0.1, -0.05) is 23.5 Å². The third-order valence-corrected chi connectivity index (χ3v) is 3.91. The minimum atomic E-state index is -0.149. The van der Waals surface area contributed by atoms with Crippen LogP contribution in [0.3, 0.4) is 0 Å². The van der Waals surface area contributed by atoms with E-state index in [-0.39, 0.29) is 5.56 Å². The Hall–Kier alpha value is -2.78. The molecule has 0 aliphatic carbocycles. The normalized spacial score (nSPS) is 11.0. The second-order valence-corrected chi connectivity index (χ2v) is 5.42. The summed E-state index contributed by atoms with van der Waals surface area (Å²) in [5, 5.41) is 8.92. The molecule has 6 heteroatoms. The van der Waals surface area contributed by atoms with E-state index in [2.05, 4.69) is 9.97 Å². The summed E-state index contributed by atoms with van der Waals surface area (Å²) in [6.45, 7) is 1.73. The van der Waals surface area contributed by atoms with E-state index in [9.17, 15) is 4.79 Å². The maximum absolute atomic E-state index is 12.3. The molecule has 3 rings (SSSR count). The molecule has 0 fully saturated rings. The molecular formula is C15H10N4OS. The number of thiazole rings is 1. The summed E-state index contributed by atoms with van der Waals surface area (Å²) in [6, 6.07) is 5.80. The van der Waals surface area contributed by atoms with Crippen LogP contribution in [0.5, 0.6) is 0 Å². The molecule has 0 aromatic carbocycles. The van der Waals surface area contributed by atoms with Gasteiger partial charge < -0.3 is 0 Å². The number of hydrogen-bond acceptors (Lipinski definition) is 5. The molecule has 0 N–H and O–H groups in total. The smallest absolute Gasteiger partial charge is 0.262 e. The van der Waals surface area contributed by atoms with Crippen molar-refractivity contribution in [3.8, 4) is 6.07 Å². The second kappa shape index (κ2) is 5.31. The van der Waals surface area contributed by atoms with E-state index in [4.69, 9.17) is 5.26 Å². The zero-order valence-corrected chi connectivity index (χ0v) is 12.0. The van der Waals surface area contributed by atoms with Crippen molar-refractivity contribution in [1.82, 2.24) is 14.4 Å². The molecule has 0 saturated carbocycles. The predicted octanol–water partition coefficient (Wildman–Crippen LogP) is 2.50. The molecule has 0 bridgehead atoms. The zero-order valence-electron chi connectivity index (χ0n) is 11.1. The lowest BCUT2D eigenvalue weighted by atomic mass is 10.2. The fourth-order valence-electron chi connectivity index (χ4n) is 1.91. The molecule has 0 radical (unpaired) electrons. The van der Waals surface area contributed by atoms with Crippen molar-refractivity contribution in [2.24, 2.45) is 0 Å². The summed E-state index contributed by atoms with van der Waals surface area (Å²) >= 11 is 1.20. The van der Waals surface area contributed by atoms with E-state index < -0.39 is 0 Å². The number of nitrogens with zero attached hydrogens (tertiary/aromatic N) is 4. The Balaban J connectivity index is 2.11. The highest BCUT2D eigenvalue weighted by atomic mass is 32.1. The Morgan fingerprint density at radius 2 is 2.29 bits per heavy atom. The third kappa shape index (κ3) is 2.47. The maximum Gasteiger partial charge on any atom is 0.262 e. The number of pyridine rings is 1. The molecule has 0 saturated heterocycles. The van der Waals surface area contributed by atoms with Gasteiger partial charge in [0.05, 0.1) is 5.69 Å². The SMILES string of the molecule is Cc1c(/C=C/c2cccnc2)nc2sc(C#N)cn2c1=O. The first kappa shape index (κ1) is 13.2. The molecule has 0 aliphatic rings. The van der Waals surface area contributed by atoms with Crippen LogP contribution in [0, 0.1) is 18.3 Å². The molecule has 5 nitrogen and oxygen atoms in total. The lowest BCUT2D eigenvalue weighted by Crippen LogP contribution is -2.17. The molecule has 0 unspecified atom stereocenters. The van der Waals surface area contributed by atoms with E-state index in [1.165, 1.54) is 21.9 Å². The van der Waals surface area contributed by atoms with Crippen molar-refractivity contribution in [3.63, 3.8) is 0 Å². The number of fused-ring (bicyclic) bond motifs is 1. The molecule has 21 heavy (non-hydrogen) atoms. The van der Waals surface area contributed by atoms with Gasteiger partial charge in [0, 0.05) is 24.2 Å². The first-order chi connectivity index (χ1) is 10.2. The average Bonchev–Trinajstić information content (AvgIpc) is 2.94. The van der Waals surface area contributed by atoms with Gasteiger partial charge in [0.1, 0.15) is 10.9 Å². The van der Waals surface area contributed by atoms with Crippen molar-refractivity contribution in [2.75, 3.05) is 0 Å². The van der Waals surface area contributed by atoms with Gasteiger partial charge in [0.15, 0.2) is 4.96 Å². The molecule has 0 atom stereocenters. The minimum absolute atomic E-state index is 0.149. The standard InChI is InChI=1S/C15H10N4OS/c1-10-13(5-4-11-3-2-6-17-8-11)18-15-19(14(10)20)9-12(7-16)21-15/h2-6,8-9H,1H3/b5-4+. The van der Waals surface area contributed by atoms with Crippen LogP contribution in [0.2, 0.25) is 0 Å². The Morgan fingerprint density at radius 3 is 3.00 bits per heavy atom.